The second kappa shape index (κ2) is 4.75. The van der Waals surface area contributed by atoms with Gasteiger partial charge in [-0.05, 0) is 12.3 Å². The molecule has 0 aliphatic rings. The summed E-state index contributed by atoms with van der Waals surface area (Å²) in [5, 5.41) is 8.36. The molecule has 0 spiro atoms. The largest absolute Gasteiger partial charge is 0.481 e. The summed E-state index contributed by atoms with van der Waals surface area (Å²) < 4.78 is 0. The van der Waals surface area contributed by atoms with E-state index in [-0.39, 0.29) is 7.92 Å². The zero-order valence-corrected chi connectivity index (χ0v) is 6.82. The van der Waals surface area contributed by atoms with E-state index in [2.05, 4.69) is 13.8 Å². The molecule has 3 heteroatoms. The Balaban J connectivity index is 3.43. The molecule has 54 valence electrons. The van der Waals surface area contributed by atoms with Crippen LogP contribution in [0.1, 0.15) is 13.8 Å². The van der Waals surface area contributed by atoms with E-state index in [4.69, 9.17) is 5.11 Å². The van der Waals surface area contributed by atoms with Gasteiger partial charge in [-0.1, -0.05) is 21.8 Å². The number of rotatable bonds is 4. The molecule has 0 aromatic heterocycles. The Bertz CT molecular complexity index is 89.1. The Morgan fingerprint density at radius 2 is 1.89 bits per heavy atom. The highest BCUT2D eigenvalue weighted by atomic mass is 31.1. The Labute approximate surface area is 57.0 Å². The van der Waals surface area contributed by atoms with Crippen LogP contribution in [0.4, 0.5) is 0 Å². The average Bonchev–Trinajstić information content (AvgIpc) is 1.82. The van der Waals surface area contributed by atoms with Gasteiger partial charge in [0.25, 0.3) is 0 Å². The molecule has 0 saturated carbocycles. The minimum atomic E-state index is -0.648. The molecule has 0 aromatic rings. The van der Waals surface area contributed by atoms with Gasteiger partial charge >= 0.3 is 5.97 Å². The van der Waals surface area contributed by atoms with E-state index in [1.54, 1.807) is 0 Å². The smallest absolute Gasteiger partial charge is 0.307 e. The first-order valence-electron chi connectivity index (χ1n) is 3.14. The molecule has 0 saturated heterocycles. The number of hydrogen-bond donors (Lipinski definition) is 1. The summed E-state index contributed by atoms with van der Waals surface area (Å²) in [6, 6.07) is 0. The van der Waals surface area contributed by atoms with Crippen molar-refractivity contribution < 1.29 is 9.90 Å². The molecule has 0 heterocycles. The Kier molecular flexibility index (Phi) is 4.70. The van der Waals surface area contributed by atoms with Gasteiger partial charge in [0.15, 0.2) is 0 Å². The molecule has 0 amide bonds. The molecule has 0 rings (SSSR count). The van der Waals surface area contributed by atoms with Gasteiger partial charge in [-0.3, -0.25) is 4.79 Å². The first-order valence-corrected chi connectivity index (χ1v) is 5.04. The van der Waals surface area contributed by atoms with Crippen LogP contribution in [0.15, 0.2) is 0 Å². The van der Waals surface area contributed by atoms with Crippen LogP contribution in [0.3, 0.4) is 0 Å². The molecular formula is C6H13O2P. The van der Waals surface area contributed by atoms with E-state index in [1.165, 1.54) is 0 Å². The Morgan fingerprint density at radius 1 is 1.44 bits per heavy atom. The van der Waals surface area contributed by atoms with E-state index in [9.17, 15) is 4.79 Å². The van der Waals surface area contributed by atoms with Crippen molar-refractivity contribution in [3.8, 4) is 0 Å². The maximum absolute atomic E-state index is 10.1. The highest BCUT2D eigenvalue weighted by Gasteiger charge is 2.06. The summed E-state index contributed by atoms with van der Waals surface area (Å²) in [4.78, 5) is 10.1. The van der Waals surface area contributed by atoms with Crippen molar-refractivity contribution >= 4 is 13.9 Å². The minimum absolute atomic E-state index is 0.195. The van der Waals surface area contributed by atoms with Gasteiger partial charge in [0.1, 0.15) is 0 Å². The van der Waals surface area contributed by atoms with E-state index < -0.39 is 5.97 Å². The van der Waals surface area contributed by atoms with Crippen molar-refractivity contribution in [3.05, 3.63) is 0 Å². The van der Waals surface area contributed by atoms with E-state index in [0.717, 1.165) is 12.3 Å². The maximum atomic E-state index is 10.1. The number of hydrogen-bond acceptors (Lipinski definition) is 1. The molecule has 0 aliphatic heterocycles. The van der Waals surface area contributed by atoms with Crippen molar-refractivity contribution in [1.29, 1.82) is 0 Å². The summed E-state index contributed by atoms with van der Waals surface area (Å²) in [6.07, 6.45) is 2.47. The second-order valence-electron chi connectivity index (χ2n) is 1.86. The Hall–Kier alpha value is -0.100. The van der Waals surface area contributed by atoms with E-state index >= 15 is 0 Å². The van der Waals surface area contributed by atoms with Gasteiger partial charge < -0.3 is 5.11 Å². The lowest BCUT2D eigenvalue weighted by atomic mass is 10.8. The molecule has 1 N–H and O–H groups in total. The summed E-state index contributed by atoms with van der Waals surface area (Å²) in [5.74, 6) is -0.648. The topological polar surface area (TPSA) is 37.3 Å². The molecule has 0 fully saturated rings. The van der Waals surface area contributed by atoms with E-state index in [0.29, 0.717) is 6.16 Å². The molecule has 0 atom stereocenters. The lowest BCUT2D eigenvalue weighted by Gasteiger charge is -2.07. The maximum Gasteiger partial charge on any atom is 0.307 e. The molecule has 2 nitrogen and oxygen atoms in total. The summed E-state index contributed by atoms with van der Waals surface area (Å²) in [6.45, 7) is 4.11. The van der Waals surface area contributed by atoms with Crippen molar-refractivity contribution in [2.75, 3.05) is 18.5 Å². The second-order valence-corrected chi connectivity index (χ2v) is 4.78. The normalized spacial score (nSPS) is 10.1. The summed E-state index contributed by atoms with van der Waals surface area (Å²) in [7, 11) is -0.195. The fourth-order valence-electron chi connectivity index (χ4n) is 0.639. The standard InChI is InChI=1S/C6H13O2P/c1-3-9(4-2)5-6(7)8/h3-5H2,1-2H3,(H,7,8). The molecule has 0 aliphatic carbocycles. The van der Waals surface area contributed by atoms with Crippen LogP contribution in [0.2, 0.25) is 0 Å². The zero-order chi connectivity index (χ0) is 7.28. The van der Waals surface area contributed by atoms with Crippen LogP contribution in [-0.2, 0) is 4.79 Å². The number of carbonyl (C=O) groups is 1. The summed E-state index contributed by atoms with van der Waals surface area (Å²) in [5.41, 5.74) is 0. The Morgan fingerprint density at radius 3 is 2.00 bits per heavy atom. The van der Waals surface area contributed by atoms with Gasteiger partial charge in [-0.15, -0.1) is 0 Å². The van der Waals surface area contributed by atoms with Gasteiger partial charge in [-0.25, -0.2) is 0 Å². The van der Waals surface area contributed by atoms with Gasteiger partial charge in [0, 0.05) is 0 Å². The number of aliphatic carboxylic acids is 1. The van der Waals surface area contributed by atoms with Gasteiger partial charge in [0.2, 0.25) is 0 Å². The fraction of sp³-hybridized carbons (Fsp3) is 0.833. The third-order valence-electron chi connectivity index (χ3n) is 1.25. The fourth-order valence-corrected chi connectivity index (χ4v) is 1.92. The van der Waals surface area contributed by atoms with Crippen molar-refractivity contribution in [1.82, 2.24) is 0 Å². The molecule has 0 bridgehead atoms. The highest BCUT2D eigenvalue weighted by molar-refractivity contribution is 7.58. The summed E-state index contributed by atoms with van der Waals surface area (Å²) >= 11 is 0. The lowest BCUT2D eigenvalue weighted by Crippen LogP contribution is -2.02. The van der Waals surface area contributed by atoms with Crippen LogP contribution in [-0.4, -0.2) is 29.6 Å². The number of carboxylic acid groups (broad SMARTS) is 1. The van der Waals surface area contributed by atoms with Crippen molar-refractivity contribution in [2.24, 2.45) is 0 Å². The zero-order valence-electron chi connectivity index (χ0n) is 5.92. The third-order valence-corrected chi connectivity index (χ3v) is 3.76. The first kappa shape index (κ1) is 8.90. The molecular weight excluding hydrogens is 135 g/mol. The van der Waals surface area contributed by atoms with E-state index in [1.807, 2.05) is 0 Å². The third kappa shape index (κ3) is 4.41. The van der Waals surface area contributed by atoms with Gasteiger partial charge in [0.05, 0.1) is 6.16 Å². The molecule has 0 radical (unpaired) electrons. The average molecular weight is 148 g/mol. The minimum Gasteiger partial charge on any atom is -0.481 e. The molecule has 9 heavy (non-hydrogen) atoms. The van der Waals surface area contributed by atoms with Crippen molar-refractivity contribution in [2.45, 2.75) is 13.8 Å². The number of carboxylic acids is 1. The van der Waals surface area contributed by atoms with Crippen LogP contribution >= 0.6 is 7.92 Å². The highest BCUT2D eigenvalue weighted by Crippen LogP contribution is 2.32. The predicted molar refractivity (Wildman–Crippen MR) is 40.5 cm³/mol. The van der Waals surface area contributed by atoms with Crippen molar-refractivity contribution in [3.63, 3.8) is 0 Å². The van der Waals surface area contributed by atoms with Crippen LogP contribution in [0.25, 0.3) is 0 Å². The van der Waals surface area contributed by atoms with Crippen LogP contribution < -0.4 is 0 Å². The SMILES string of the molecule is CCP(CC)CC(=O)O. The monoisotopic (exact) mass is 148 g/mol. The lowest BCUT2D eigenvalue weighted by molar-refractivity contribution is -0.134. The van der Waals surface area contributed by atoms with Crippen LogP contribution in [0, 0.1) is 0 Å². The first-order chi connectivity index (χ1) is 4.20. The van der Waals surface area contributed by atoms with Gasteiger partial charge in [-0.2, -0.15) is 0 Å². The quantitative estimate of drug-likeness (QED) is 0.614. The molecule has 0 aromatic carbocycles. The predicted octanol–water partition coefficient (Wildman–Crippen LogP) is 1.59. The van der Waals surface area contributed by atoms with Crippen LogP contribution in [0.5, 0.6) is 0 Å². The molecule has 0 unspecified atom stereocenters.